The van der Waals surface area contributed by atoms with Crippen LogP contribution in [0, 0.1) is 0 Å². The zero-order chi connectivity index (χ0) is 21.2. The first-order valence-corrected chi connectivity index (χ1v) is 9.87. The van der Waals surface area contributed by atoms with Crippen LogP contribution in [-0.2, 0) is 19.1 Å². The number of ether oxygens (including phenoxy) is 2. The van der Waals surface area contributed by atoms with Crippen molar-refractivity contribution in [3.8, 4) is 0 Å². The minimum absolute atomic E-state index is 0.0412. The van der Waals surface area contributed by atoms with Gasteiger partial charge in [0.2, 0.25) is 0 Å². The first kappa shape index (κ1) is 22.2. The molecule has 3 saturated heterocycles. The normalized spacial score (nSPS) is 31.9. The van der Waals surface area contributed by atoms with Crippen molar-refractivity contribution in [2.45, 2.75) is 62.1 Å². The maximum Gasteiger partial charge on any atom is 0.490 e. The molecule has 0 aromatic heterocycles. The predicted octanol–water partition coefficient (Wildman–Crippen LogP) is 1.60. The molecule has 1 N–H and O–H groups in total. The van der Waals surface area contributed by atoms with Gasteiger partial charge in [-0.15, -0.1) is 0 Å². The number of morpholine rings is 1. The van der Waals surface area contributed by atoms with Gasteiger partial charge in [-0.25, -0.2) is 9.18 Å². The molecule has 4 fully saturated rings. The summed E-state index contributed by atoms with van der Waals surface area (Å²) in [6.07, 6.45) is -1.54. The molecule has 1 saturated carbocycles. The number of nitrogens with zero attached hydrogens (tertiary/aromatic N) is 2. The molecule has 3 aliphatic heterocycles. The van der Waals surface area contributed by atoms with Gasteiger partial charge in [0.25, 0.3) is 5.91 Å². The summed E-state index contributed by atoms with van der Waals surface area (Å²) in [4.78, 5) is 25.8. The fraction of sp³-hybridized carbons (Fsp3) is 0.889. The summed E-state index contributed by atoms with van der Waals surface area (Å²) in [5, 5.41) is 7.12. The number of carbonyl (C=O) groups excluding carboxylic acids is 1. The van der Waals surface area contributed by atoms with Crippen LogP contribution in [0.2, 0.25) is 0 Å². The van der Waals surface area contributed by atoms with Crippen LogP contribution in [0.25, 0.3) is 0 Å². The Labute approximate surface area is 165 Å². The molecule has 0 bridgehead atoms. The number of carboxylic acid groups (broad SMARTS) is 1. The average Bonchev–Trinajstić information content (AvgIpc) is 3.05. The van der Waals surface area contributed by atoms with Crippen LogP contribution in [0.1, 0.15) is 32.1 Å². The first-order chi connectivity index (χ1) is 13.6. The molecule has 3 atom stereocenters. The molecular weight excluding hydrogens is 400 g/mol. The van der Waals surface area contributed by atoms with E-state index in [1.54, 1.807) is 0 Å². The molecule has 7 nitrogen and oxygen atoms in total. The van der Waals surface area contributed by atoms with E-state index in [0.29, 0.717) is 19.4 Å². The van der Waals surface area contributed by atoms with Gasteiger partial charge in [-0.05, 0) is 32.1 Å². The van der Waals surface area contributed by atoms with Crippen molar-refractivity contribution in [1.29, 1.82) is 0 Å². The highest BCUT2D eigenvalue weighted by Gasteiger charge is 2.54. The Morgan fingerprint density at radius 1 is 1.03 bits per heavy atom. The number of carboxylic acids is 1. The summed E-state index contributed by atoms with van der Waals surface area (Å²) in [7, 11) is 0. The third kappa shape index (κ3) is 4.83. The lowest BCUT2D eigenvalue weighted by atomic mass is 9.80. The second-order valence-corrected chi connectivity index (χ2v) is 7.84. The summed E-state index contributed by atoms with van der Waals surface area (Å²) in [5.41, 5.74) is -1.60. The van der Waals surface area contributed by atoms with E-state index in [-0.39, 0.29) is 24.1 Å². The van der Waals surface area contributed by atoms with E-state index < -0.39 is 17.8 Å². The number of amides is 1. The highest BCUT2D eigenvalue weighted by Crippen LogP contribution is 2.41. The maximum atomic E-state index is 14.6. The number of aliphatic carboxylic acids is 1. The maximum absolute atomic E-state index is 14.6. The van der Waals surface area contributed by atoms with E-state index >= 15 is 0 Å². The Bertz CT molecular complexity index is 608. The van der Waals surface area contributed by atoms with Gasteiger partial charge in [0.05, 0.1) is 31.4 Å². The van der Waals surface area contributed by atoms with E-state index in [2.05, 4.69) is 4.90 Å². The highest BCUT2D eigenvalue weighted by molar-refractivity contribution is 5.86. The fourth-order valence-corrected chi connectivity index (χ4v) is 4.35. The lowest BCUT2D eigenvalue weighted by Crippen LogP contribution is -2.53. The number of halogens is 4. The van der Waals surface area contributed by atoms with Crippen LogP contribution in [0.3, 0.4) is 0 Å². The molecule has 0 aromatic rings. The topological polar surface area (TPSA) is 79.3 Å². The summed E-state index contributed by atoms with van der Waals surface area (Å²) < 4.78 is 57.8. The summed E-state index contributed by atoms with van der Waals surface area (Å²) in [5.74, 6) is -3.04. The van der Waals surface area contributed by atoms with Crippen molar-refractivity contribution < 1.29 is 41.7 Å². The Morgan fingerprint density at radius 3 is 2.17 bits per heavy atom. The van der Waals surface area contributed by atoms with Crippen LogP contribution in [0.4, 0.5) is 17.6 Å². The van der Waals surface area contributed by atoms with E-state index in [9.17, 15) is 22.4 Å². The monoisotopic (exact) mass is 426 g/mol. The lowest BCUT2D eigenvalue weighted by molar-refractivity contribution is -0.192. The molecule has 0 spiro atoms. The van der Waals surface area contributed by atoms with Crippen LogP contribution < -0.4 is 0 Å². The zero-order valence-corrected chi connectivity index (χ0v) is 16.0. The van der Waals surface area contributed by atoms with Gasteiger partial charge in [-0.1, -0.05) is 0 Å². The molecule has 29 heavy (non-hydrogen) atoms. The smallest absolute Gasteiger partial charge is 0.475 e. The fourth-order valence-electron chi connectivity index (χ4n) is 4.35. The third-order valence-corrected chi connectivity index (χ3v) is 6.04. The molecule has 166 valence electrons. The number of alkyl halides is 4. The Balaban J connectivity index is 0.000000298. The number of hydrogen-bond acceptors (Lipinski definition) is 5. The van der Waals surface area contributed by atoms with Crippen molar-refractivity contribution in [3.63, 3.8) is 0 Å². The molecule has 0 unspecified atom stereocenters. The van der Waals surface area contributed by atoms with E-state index in [1.165, 1.54) is 0 Å². The molecule has 1 amide bonds. The van der Waals surface area contributed by atoms with Gasteiger partial charge < -0.3 is 19.5 Å². The molecule has 3 heterocycles. The van der Waals surface area contributed by atoms with E-state index in [1.807, 2.05) is 4.90 Å². The summed E-state index contributed by atoms with van der Waals surface area (Å²) in [6.45, 7) is 4.58. The van der Waals surface area contributed by atoms with Gasteiger partial charge in [-0.3, -0.25) is 9.69 Å². The van der Waals surface area contributed by atoms with Gasteiger partial charge >= 0.3 is 12.1 Å². The molecule has 11 heteroatoms. The number of fused-ring (bicyclic) bond motifs is 1. The Kier molecular flexibility index (Phi) is 6.69. The number of likely N-dealkylation sites (tertiary alicyclic amines) is 1. The van der Waals surface area contributed by atoms with Crippen molar-refractivity contribution in [2.24, 2.45) is 0 Å². The van der Waals surface area contributed by atoms with Crippen LogP contribution in [0.5, 0.6) is 0 Å². The molecular formula is C18H26F4N2O5. The summed E-state index contributed by atoms with van der Waals surface area (Å²) >= 11 is 0. The molecule has 1 aliphatic carbocycles. The molecule has 0 radical (unpaired) electrons. The highest BCUT2D eigenvalue weighted by atomic mass is 19.4. The standard InChI is InChI=1S/C16H25FN2O3.C2HF3O2/c17-16(4-2-5-16)15(20)19-11-13(18-6-9-21-10-7-18)14-12(19)3-1-8-22-14;3-2(4,5)1(6)7/h12-14H,1-11H2;(H,6,7)/t12-,13-,14+;/m0./s1. The van der Waals surface area contributed by atoms with Crippen LogP contribution >= 0.6 is 0 Å². The van der Waals surface area contributed by atoms with Gasteiger partial charge in [0.15, 0.2) is 5.67 Å². The largest absolute Gasteiger partial charge is 0.490 e. The second kappa shape index (κ2) is 8.73. The zero-order valence-electron chi connectivity index (χ0n) is 16.0. The quantitative estimate of drug-likeness (QED) is 0.676. The second-order valence-electron chi connectivity index (χ2n) is 7.84. The first-order valence-electron chi connectivity index (χ1n) is 9.87. The minimum Gasteiger partial charge on any atom is -0.475 e. The molecule has 0 aromatic carbocycles. The third-order valence-electron chi connectivity index (χ3n) is 6.04. The van der Waals surface area contributed by atoms with Crippen molar-refractivity contribution >= 4 is 11.9 Å². The van der Waals surface area contributed by atoms with Crippen molar-refractivity contribution in [2.75, 3.05) is 39.5 Å². The Hall–Kier alpha value is -1.46. The Morgan fingerprint density at radius 2 is 1.66 bits per heavy atom. The predicted molar refractivity (Wildman–Crippen MR) is 92.0 cm³/mol. The van der Waals surface area contributed by atoms with Crippen molar-refractivity contribution in [3.05, 3.63) is 0 Å². The summed E-state index contributed by atoms with van der Waals surface area (Å²) in [6, 6.07) is 0.254. The number of carbonyl (C=O) groups is 2. The van der Waals surface area contributed by atoms with Gasteiger partial charge in [0, 0.05) is 26.2 Å². The minimum atomic E-state index is -5.08. The SMILES string of the molecule is O=C(N1C[C@H](N2CCOCC2)[C@@H]2OCCC[C@@H]21)C1(F)CCC1.O=C(O)C(F)(F)F. The van der Waals surface area contributed by atoms with E-state index in [0.717, 1.165) is 52.2 Å². The van der Waals surface area contributed by atoms with Gasteiger partial charge in [0.1, 0.15) is 0 Å². The molecule has 4 aliphatic rings. The van der Waals surface area contributed by atoms with E-state index in [4.69, 9.17) is 19.4 Å². The average molecular weight is 426 g/mol. The van der Waals surface area contributed by atoms with Gasteiger partial charge in [-0.2, -0.15) is 13.2 Å². The van der Waals surface area contributed by atoms with Crippen molar-refractivity contribution in [1.82, 2.24) is 9.80 Å². The lowest BCUT2D eigenvalue weighted by Gasteiger charge is -2.39. The molecule has 4 rings (SSSR count). The van der Waals surface area contributed by atoms with Crippen LogP contribution in [-0.4, -0.2) is 96.3 Å². The number of rotatable bonds is 2. The number of hydrogen-bond donors (Lipinski definition) is 1. The van der Waals surface area contributed by atoms with Crippen LogP contribution in [0.15, 0.2) is 0 Å².